The summed E-state index contributed by atoms with van der Waals surface area (Å²) in [6.07, 6.45) is 3.34. The summed E-state index contributed by atoms with van der Waals surface area (Å²) in [7, 11) is 0. The number of rotatable bonds is 1. The Labute approximate surface area is 97.9 Å². The van der Waals surface area contributed by atoms with Crippen LogP contribution in [0.5, 0.6) is 0 Å². The molecule has 0 saturated carbocycles. The maximum absolute atomic E-state index is 11.9. The molecule has 0 radical (unpaired) electrons. The van der Waals surface area contributed by atoms with Crippen LogP contribution in [0.4, 0.5) is 5.82 Å². The third-order valence-corrected chi connectivity index (χ3v) is 2.99. The van der Waals surface area contributed by atoms with Crippen molar-refractivity contribution in [3.05, 3.63) is 33.8 Å². The van der Waals surface area contributed by atoms with Crippen molar-refractivity contribution in [2.24, 2.45) is 0 Å². The highest BCUT2D eigenvalue weighted by Gasteiger charge is 2.17. The molecule has 17 heavy (non-hydrogen) atoms. The highest BCUT2D eigenvalue weighted by atomic mass is 16.3. The molecule has 0 bridgehead atoms. The van der Waals surface area contributed by atoms with E-state index in [0.29, 0.717) is 17.4 Å². The molecule has 5 nitrogen and oxygen atoms in total. The fourth-order valence-corrected chi connectivity index (χ4v) is 2.07. The van der Waals surface area contributed by atoms with Crippen LogP contribution in [-0.4, -0.2) is 16.5 Å². The van der Waals surface area contributed by atoms with Crippen LogP contribution in [0.3, 0.4) is 0 Å². The molecule has 0 unspecified atom stereocenters. The second-order valence-electron chi connectivity index (χ2n) is 4.20. The molecule has 0 fully saturated rings. The number of H-pyrrole nitrogens is 1. The first-order chi connectivity index (χ1) is 8.25. The second-order valence-corrected chi connectivity index (χ2v) is 4.20. The predicted molar refractivity (Wildman–Crippen MR) is 64.1 cm³/mol. The molecule has 1 aliphatic rings. The summed E-state index contributed by atoms with van der Waals surface area (Å²) in [6, 6.07) is 1.85. The standard InChI is InChI=1S/C12H13N3O2/c1-7-4-6-17-9(7)11-14-10-8(12(16)15-11)3-2-5-13-10/h4,6H,2-3,5H2,1H3,(H2,13,14,15,16). The van der Waals surface area contributed by atoms with Crippen LogP contribution in [0.1, 0.15) is 17.5 Å². The van der Waals surface area contributed by atoms with Crippen LogP contribution in [0.2, 0.25) is 0 Å². The quantitative estimate of drug-likeness (QED) is 0.783. The molecular formula is C12H13N3O2. The zero-order chi connectivity index (χ0) is 11.8. The molecule has 0 aromatic carbocycles. The number of hydrogen-bond donors (Lipinski definition) is 2. The SMILES string of the molecule is Cc1ccoc1-c1nc2c(c(=O)[nH]1)CCCN2. The summed E-state index contributed by atoms with van der Waals surface area (Å²) >= 11 is 0. The molecule has 1 aliphatic heterocycles. The lowest BCUT2D eigenvalue weighted by atomic mass is 10.1. The lowest BCUT2D eigenvalue weighted by Gasteiger charge is -2.16. The first-order valence-corrected chi connectivity index (χ1v) is 5.67. The molecule has 88 valence electrons. The Hall–Kier alpha value is -2.04. The van der Waals surface area contributed by atoms with E-state index in [2.05, 4.69) is 15.3 Å². The summed E-state index contributed by atoms with van der Waals surface area (Å²) in [6.45, 7) is 2.78. The van der Waals surface area contributed by atoms with Gasteiger partial charge in [-0.2, -0.15) is 0 Å². The molecule has 0 saturated heterocycles. The van der Waals surface area contributed by atoms with Gasteiger partial charge in [0, 0.05) is 6.54 Å². The lowest BCUT2D eigenvalue weighted by Crippen LogP contribution is -2.24. The number of aryl methyl sites for hydroxylation is 1. The molecule has 0 amide bonds. The van der Waals surface area contributed by atoms with Gasteiger partial charge in [0.25, 0.3) is 5.56 Å². The summed E-state index contributed by atoms with van der Waals surface area (Å²) < 4.78 is 5.34. The van der Waals surface area contributed by atoms with Crippen molar-refractivity contribution < 1.29 is 4.42 Å². The Kier molecular flexibility index (Phi) is 2.24. The van der Waals surface area contributed by atoms with E-state index in [1.165, 1.54) is 0 Å². The Bertz CT molecular complexity index is 612. The number of hydrogen-bond acceptors (Lipinski definition) is 4. The number of anilines is 1. The van der Waals surface area contributed by atoms with Gasteiger partial charge in [0.15, 0.2) is 11.6 Å². The third-order valence-electron chi connectivity index (χ3n) is 2.99. The topological polar surface area (TPSA) is 70.9 Å². The molecule has 3 heterocycles. The maximum atomic E-state index is 11.9. The largest absolute Gasteiger partial charge is 0.461 e. The van der Waals surface area contributed by atoms with Gasteiger partial charge in [-0.1, -0.05) is 0 Å². The van der Waals surface area contributed by atoms with Crippen molar-refractivity contribution in [1.82, 2.24) is 9.97 Å². The minimum atomic E-state index is -0.0759. The molecule has 2 N–H and O–H groups in total. The zero-order valence-electron chi connectivity index (χ0n) is 9.54. The van der Waals surface area contributed by atoms with Gasteiger partial charge < -0.3 is 14.7 Å². The number of nitrogens with one attached hydrogen (secondary N) is 2. The van der Waals surface area contributed by atoms with Crippen LogP contribution in [-0.2, 0) is 6.42 Å². The van der Waals surface area contributed by atoms with E-state index in [1.54, 1.807) is 6.26 Å². The van der Waals surface area contributed by atoms with Crippen molar-refractivity contribution in [3.8, 4) is 11.6 Å². The second kappa shape index (κ2) is 3.76. The first-order valence-electron chi connectivity index (χ1n) is 5.67. The van der Waals surface area contributed by atoms with E-state index in [4.69, 9.17) is 4.42 Å². The van der Waals surface area contributed by atoms with E-state index in [1.807, 2.05) is 13.0 Å². The van der Waals surface area contributed by atoms with Crippen molar-refractivity contribution in [3.63, 3.8) is 0 Å². The van der Waals surface area contributed by atoms with Crippen LogP contribution < -0.4 is 10.9 Å². The monoisotopic (exact) mass is 231 g/mol. The molecule has 2 aromatic heterocycles. The number of aromatic amines is 1. The molecule has 0 atom stereocenters. The molecule has 0 spiro atoms. The highest BCUT2D eigenvalue weighted by molar-refractivity contribution is 5.57. The minimum absolute atomic E-state index is 0.0759. The molecule has 3 rings (SSSR count). The van der Waals surface area contributed by atoms with Crippen LogP contribution >= 0.6 is 0 Å². The van der Waals surface area contributed by atoms with Gasteiger partial charge >= 0.3 is 0 Å². The Morgan fingerprint density at radius 1 is 1.47 bits per heavy atom. The van der Waals surface area contributed by atoms with Crippen molar-refractivity contribution >= 4 is 5.82 Å². The third kappa shape index (κ3) is 1.63. The smallest absolute Gasteiger partial charge is 0.256 e. The molecular weight excluding hydrogens is 218 g/mol. The van der Waals surface area contributed by atoms with Crippen LogP contribution in [0.25, 0.3) is 11.6 Å². The van der Waals surface area contributed by atoms with Crippen LogP contribution in [0.15, 0.2) is 21.5 Å². The summed E-state index contributed by atoms with van der Waals surface area (Å²) in [5.74, 6) is 1.80. The highest BCUT2D eigenvalue weighted by Crippen LogP contribution is 2.23. The average molecular weight is 231 g/mol. The normalized spacial score (nSPS) is 14.2. The van der Waals surface area contributed by atoms with Gasteiger partial charge in [-0.15, -0.1) is 0 Å². The zero-order valence-corrected chi connectivity index (χ0v) is 9.54. The van der Waals surface area contributed by atoms with Crippen LogP contribution in [0, 0.1) is 6.92 Å². The Morgan fingerprint density at radius 3 is 3.12 bits per heavy atom. The predicted octanol–water partition coefficient (Wildman–Crippen LogP) is 1.70. The van der Waals surface area contributed by atoms with Gasteiger partial charge in [0.1, 0.15) is 5.82 Å². The summed E-state index contributed by atoms with van der Waals surface area (Å²) in [4.78, 5) is 19.1. The van der Waals surface area contributed by atoms with Crippen molar-refractivity contribution in [2.45, 2.75) is 19.8 Å². The van der Waals surface area contributed by atoms with Gasteiger partial charge in [-0.3, -0.25) is 4.79 Å². The average Bonchev–Trinajstić information content (AvgIpc) is 2.75. The lowest BCUT2D eigenvalue weighted by molar-refractivity contribution is 0.575. The first kappa shape index (κ1) is 10.1. The van der Waals surface area contributed by atoms with Gasteiger partial charge in [0.05, 0.1) is 11.8 Å². The van der Waals surface area contributed by atoms with E-state index in [0.717, 1.165) is 30.5 Å². The van der Waals surface area contributed by atoms with Gasteiger partial charge in [-0.05, 0) is 31.4 Å². The van der Waals surface area contributed by atoms with Gasteiger partial charge in [0.2, 0.25) is 0 Å². The van der Waals surface area contributed by atoms with Crippen molar-refractivity contribution in [1.29, 1.82) is 0 Å². The Morgan fingerprint density at radius 2 is 2.35 bits per heavy atom. The van der Waals surface area contributed by atoms with E-state index in [-0.39, 0.29) is 5.56 Å². The van der Waals surface area contributed by atoms with Gasteiger partial charge in [-0.25, -0.2) is 4.98 Å². The maximum Gasteiger partial charge on any atom is 0.256 e. The van der Waals surface area contributed by atoms with Crippen molar-refractivity contribution in [2.75, 3.05) is 11.9 Å². The molecule has 0 aliphatic carbocycles. The number of fused-ring (bicyclic) bond motifs is 1. The van der Waals surface area contributed by atoms with E-state index in [9.17, 15) is 4.79 Å². The fraction of sp³-hybridized carbons (Fsp3) is 0.333. The number of furan rings is 1. The summed E-state index contributed by atoms with van der Waals surface area (Å²) in [5.41, 5.74) is 1.63. The summed E-state index contributed by atoms with van der Waals surface area (Å²) in [5, 5.41) is 3.15. The number of nitrogens with zero attached hydrogens (tertiary/aromatic N) is 1. The number of aromatic nitrogens is 2. The van der Waals surface area contributed by atoms with E-state index < -0.39 is 0 Å². The Balaban J connectivity index is 2.17. The van der Waals surface area contributed by atoms with E-state index >= 15 is 0 Å². The minimum Gasteiger partial charge on any atom is -0.461 e. The molecule has 2 aromatic rings. The fourth-order valence-electron chi connectivity index (χ4n) is 2.07. The molecule has 5 heteroatoms.